The Morgan fingerprint density at radius 3 is 2.33 bits per heavy atom. The summed E-state index contributed by atoms with van der Waals surface area (Å²) in [5.74, 6) is -0.680. The predicted octanol–water partition coefficient (Wildman–Crippen LogP) is -1.38. The summed E-state index contributed by atoms with van der Waals surface area (Å²) < 4.78 is 9.60. The molecule has 1 heterocycles. The summed E-state index contributed by atoms with van der Waals surface area (Å²) in [6.45, 7) is 3.18. The molecule has 0 bridgehead atoms. The average Bonchev–Trinajstić information content (AvgIpc) is 2.42. The third kappa shape index (κ3) is 2.88. The third-order valence-electron chi connectivity index (χ3n) is 2.20. The summed E-state index contributed by atoms with van der Waals surface area (Å²) in [7, 11) is 0. The van der Waals surface area contributed by atoms with Crippen molar-refractivity contribution in [2.24, 2.45) is 5.92 Å². The largest absolute Gasteiger partial charge is 0.463 e. The highest BCUT2D eigenvalue weighted by Gasteiger charge is 2.42. The van der Waals surface area contributed by atoms with Crippen molar-refractivity contribution in [3.05, 3.63) is 0 Å². The molecule has 0 aromatic heterocycles. The quantitative estimate of drug-likeness (QED) is 0.507. The molecule has 1 aliphatic heterocycles. The van der Waals surface area contributed by atoms with Crippen LogP contribution in [-0.2, 0) is 14.3 Å². The number of carbonyl (C=O) groups is 1. The predicted molar refractivity (Wildman–Crippen MR) is 48.7 cm³/mol. The smallest absolute Gasteiger partial charge is 0.308 e. The molecule has 0 aliphatic carbocycles. The van der Waals surface area contributed by atoms with E-state index in [1.165, 1.54) is 0 Å². The fraction of sp³-hybridized carbons (Fsp3) is 0.889. The van der Waals surface area contributed by atoms with Crippen molar-refractivity contribution in [3.63, 3.8) is 0 Å². The maximum Gasteiger partial charge on any atom is 0.308 e. The van der Waals surface area contributed by atoms with Crippen LogP contribution < -0.4 is 0 Å². The molecule has 88 valence electrons. The molecule has 0 aromatic carbocycles. The van der Waals surface area contributed by atoms with E-state index in [0.717, 1.165) is 0 Å². The van der Waals surface area contributed by atoms with Crippen LogP contribution in [0.15, 0.2) is 0 Å². The van der Waals surface area contributed by atoms with Gasteiger partial charge in [-0.1, -0.05) is 13.8 Å². The molecule has 0 radical (unpaired) electrons. The van der Waals surface area contributed by atoms with E-state index in [1.54, 1.807) is 13.8 Å². The highest BCUT2D eigenvalue weighted by atomic mass is 16.7. The molecule has 1 fully saturated rings. The van der Waals surface area contributed by atoms with E-state index >= 15 is 0 Å². The van der Waals surface area contributed by atoms with Crippen LogP contribution in [0.3, 0.4) is 0 Å². The van der Waals surface area contributed by atoms with Crippen molar-refractivity contribution in [3.8, 4) is 0 Å². The Kier molecular flexibility index (Phi) is 4.04. The van der Waals surface area contributed by atoms with Crippen molar-refractivity contribution in [2.45, 2.75) is 38.4 Å². The second kappa shape index (κ2) is 4.89. The van der Waals surface area contributed by atoms with Gasteiger partial charge >= 0.3 is 5.97 Å². The maximum atomic E-state index is 11.1. The minimum Gasteiger partial charge on any atom is -0.463 e. The molecule has 3 N–H and O–H groups in total. The zero-order chi connectivity index (χ0) is 11.6. The Balaban J connectivity index is 2.37. The van der Waals surface area contributed by atoms with Crippen molar-refractivity contribution >= 4 is 5.97 Å². The van der Waals surface area contributed by atoms with Gasteiger partial charge in [0.1, 0.15) is 24.9 Å². The average molecular weight is 220 g/mol. The van der Waals surface area contributed by atoms with Crippen LogP contribution in [0.5, 0.6) is 0 Å². The Hall–Kier alpha value is -0.690. The van der Waals surface area contributed by atoms with Crippen molar-refractivity contribution < 1.29 is 29.6 Å². The minimum absolute atomic E-state index is 0.174. The Morgan fingerprint density at radius 1 is 1.33 bits per heavy atom. The molecule has 6 heteroatoms. The lowest BCUT2D eigenvalue weighted by Gasteiger charge is -2.15. The highest BCUT2D eigenvalue weighted by Crippen LogP contribution is 2.19. The van der Waals surface area contributed by atoms with E-state index in [2.05, 4.69) is 0 Å². The summed E-state index contributed by atoms with van der Waals surface area (Å²) in [6.07, 6.45) is -4.90. The first-order chi connectivity index (χ1) is 6.93. The lowest BCUT2D eigenvalue weighted by Crippen LogP contribution is -2.35. The van der Waals surface area contributed by atoms with Crippen LogP contribution in [0.25, 0.3) is 0 Å². The van der Waals surface area contributed by atoms with Gasteiger partial charge in [0.15, 0.2) is 6.29 Å². The minimum atomic E-state index is -1.43. The standard InChI is InChI=1S/C9H16O6/c1-4(2)8(12)14-3-5-6(10)7(11)9(13)15-5/h4-7,9-11,13H,3H2,1-2H3/t5-,6?,7?,9-/m1/s1. The van der Waals surface area contributed by atoms with E-state index < -0.39 is 30.6 Å². The number of hydrogen-bond acceptors (Lipinski definition) is 6. The number of rotatable bonds is 3. The SMILES string of the molecule is CC(C)C(=O)OC[C@H]1O[C@@H](O)C(O)C1O. The van der Waals surface area contributed by atoms with Crippen LogP contribution in [0.4, 0.5) is 0 Å². The zero-order valence-corrected chi connectivity index (χ0v) is 8.66. The number of aliphatic hydroxyl groups is 3. The van der Waals surface area contributed by atoms with Gasteiger partial charge in [-0.05, 0) is 0 Å². The normalized spacial score (nSPS) is 35.9. The van der Waals surface area contributed by atoms with Crippen LogP contribution in [0.1, 0.15) is 13.8 Å². The fourth-order valence-corrected chi connectivity index (χ4v) is 1.20. The van der Waals surface area contributed by atoms with Gasteiger partial charge < -0.3 is 24.8 Å². The number of hydrogen-bond donors (Lipinski definition) is 3. The van der Waals surface area contributed by atoms with E-state index in [9.17, 15) is 9.90 Å². The number of ether oxygens (including phenoxy) is 2. The van der Waals surface area contributed by atoms with Crippen LogP contribution in [-0.4, -0.2) is 52.5 Å². The van der Waals surface area contributed by atoms with Crippen LogP contribution in [0.2, 0.25) is 0 Å². The molecule has 0 amide bonds. The van der Waals surface area contributed by atoms with Crippen molar-refractivity contribution in [1.29, 1.82) is 0 Å². The van der Waals surface area contributed by atoms with Gasteiger partial charge in [-0.25, -0.2) is 0 Å². The molecule has 1 saturated heterocycles. The van der Waals surface area contributed by atoms with Crippen molar-refractivity contribution in [1.82, 2.24) is 0 Å². The van der Waals surface area contributed by atoms with Gasteiger partial charge in [0, 0.05) is 0 Å². The molecule has 2 unspecified atom stereocenters. The summed E-state index contributed by atoms with van der Waals surface area (Å²) >= 11 is 0. The number of aliphatic hydroxyl groups excluding tert-OH is 3. The van der Waals surface area contributed by atoms with E-state index in [1.807, 2.05) is 0 Å². The van der Waals surface area contributed by atoms with Crippen molar-refractivity contribution in [2.75, 3.05) is 6.61 Å². The molecular formula is C9H16O6. The second-order valence-electron chi connectivity index (χ2n) is 3.83. The Bertz CT molecular complexity index is 229. The molecule has 0 spiro atoms. The molecule has 0 aromatic rings. The van der Waals surface area contributed by atoms with E-state index in [4.69, 9.17) is 19.7 Å². The molecule has 15 heavy (non-hydrogen) atoms. The van der Waals surface area contributed by atoms with E-state index in [-0.39, 0.29) is 12.5 Å². The lowest BCUT2D eigenvalue weighted by atomic mass is 10.1. The summed E-state index contributed by atoms with van der Waals surface area (Å²) in [6, 6.07) is 0. The van der Waals surface area contributed by atoms with Gasteiger partial charge in [-0.15, -0.1) is 0 Å². The molecule has 1 aliphatic rings. The molecular weight excluding hydrogens is 204 g/mol. The topological polar surface area (TPSA) is 96.2 Å². The van der Waals surface area contributed by atoms with Gasteiger partial charge in [-0.2, -0.15) is 0 Å². The van der Waals surface area contributed by atoms with Crippen LogP contribution >= 0.6 is 0 Å². The Labute approximate surface area is 87.4 Å². The van der Waals surface area contributed by atoms with Crippen LogP contribution in [0, 0.1) is 5.92 Å². The maximum absolute atomic E-state index is 11.1. The monoisotopic (exact) mass is 220 g/mol. The molecule has 0 saturated carbocycles. The summed E-state index contributed by atoms with van der Waals surface area (Å²) in [5.41, 5.74) is 0. The van der Waals surface area contributed by atoms with Gasteiger partial charge in [-0.3, -0.25) is 4.79 Å². The van der Waals surface area contributed by atoms with E-state index in [0.29, 0.717) is 0 Å². The molecule has 4 atom stereocenters. The first-order valence-electron chi connectivity index (χ1n) is 4.79. The second-order valence-corrected chi connectivity index (χ2v) is 3.83. The molecule has 6 nitrogen and oxygen atoms in total. The first kappa shape index (κ1) is 12.4. The van der Waals surface area contributed by atoms with Gasteiger partial charge in [0.25, 0.3) is 0 Å². The Morgan fingerprint density at radius 2 is 1.93 bits per heavy atom. The van der Waals surface area contributed by atoms with Gasteiger partial charge in [0.2, 0.25) is 0 Å². The summed E-state index contributed by atoms with van der Waals surface area (Å²) in [5, 5.41) is 27.5. The zero-order valence-electron chi connectivity index (χ0n) is 8.66. The fourth-order valence-electron chi connectivity index (χ4n) is 1.20. The summed E-state index contributed by atoms with van der Waals surface area (Å²) in [4.78, 5) is 11.1. The first-order valence-corrected chi connectivity index (χ1v) is 4.79. The number of esters is 1. The number of carbonyl (C=O) groups excluding carboxylic acids is 1. The third-order valence-corrected chi connectivity index (χ3v) is 2.20. The highest BCUT2D eigenvalue weighted by molar-refractivity contribution is 5.71. The van der Waals surface area contributed by atoms with Gasteiger partial charge in [0.05, 0.1) is 5.92 Å². The lowest BCUT2D eigenvalue weighted by molar-refractivity contribution is -0.160. The molecule has 1 rings (SSSR count).